The third-order valence-electron chi connectivity index (χ3n) is 2.34. The Bertz CT molecular complexity index is 341. The number of rotatable bonds is 4. The molecule has 0 amide bonds. The number of H-pyrrole nitrogens is 1. The van der Waals surface area contributed by atoms with Crippen LogP contribution in [0, 0.1) is 5.92 Å². The van der Waals surface area contributed by atoms with E-state index in [4.69, 9.17) is 0 Å². The van der Waals surface area contributed by atoms with Crippen LogP contribution in [0.1, 0.15) is 46.2 Å². The van der Waals surface area contributed by atoms with Crippen LogP contribution in [0.15, 0.2) is 12.4 Å². The van der Waals surface area contributed by atoms with E-state index in [2.05, 4.69) is 28.8 Å². The van der Waals surface area contributed by atoms with E-state index in [1.54, 1.807) is 6.20 Å². The van der Waals surface area contributed by atoms with E-state index < -0.39 is 11.0 Å². The number of aromatic amines is 1. The van der Waals surface area contributed by atoms with Crippen LogP contribution in [-0.2, 0) is 11.0 Å². The van der Waals surface area contributed by atoms with E-state index in [1.807, 2.05) is 27.0 Å². The van der Waals surface area contributed by atoms with Crippen molar-refractivity contribution in [2.75, 3.05) is 0 Å². The molecule has 5 heteroatoms. The van der Waals surface area contributed by atoms with E-state index in [-0.39, 0.29) is 10.8 Å². The third kappa shape index (κ3) is 3.42. The largest absolute Gasteiger partial charge is 0.285 e. The molecule has 0 spiro atoms. The number of aromatic nitrogens is 2. The molecule has 2 N–H and O–H groups in total. The van der Waals surface area contributed by atoms with Crippen LogP contribution in [-0.4, -0.2) is 19.2 Å². The zero-order chi connectivity index (χ0) is 12.3. The highest BCUT2D eigenvalue weighted by molar-refractivity contribution is 7.84. The highest BCUT2D eigenvalue weighted by atomic mass is 32.2. The van der Waals surface area contributed by atoms with Gasteiger partial charge in [0, 0.05) is 17.8 Å². The normalized spacial score (nSPS) is 16.4. The predicted octanol–water partition coefficient (Wildman–Crippen LogP) is 2.16. The maximum absolute atomic E-state index is 12.0. The molecule has 1 heterocycles. The topological polar surface area (TPSA) is 57.8 Å². The van der Waals surface area contributed by atoms with Crippen LogP contribution >= 0.6 is 0 Å². The van der Waals surface area contributed by atoms with Gasteiger partial charge in [0.05, 0.1) is 21.9 Å². The number of nitrogens with one attached hydrogen (secondary N) is 2. The fraction of sp³-hybridized carbons (Fsp3) is 0.727. The molecule has 0 aliphatic rings. The standard InChI is InChI=1S/C11H21N3OS/c1-8(2)10(9-6-12-13-7-9)14-16(15)11(3,4)5/h6-8,10,14H,1-5H3,(H,12,13)/t10-,16+/m0/s1. The summed E-state index contributed by atoms with van der Waals surface area (Å²) < 4.78 is 15.0. The molecule has 0 fully saturated rings. The predicted molar refractivity (Wildman–Crippen MR) is 67.2 cm³/mol. The van der Waals surface area contributed by atoms with Gasteiger partial charge in [-0.15, -0.1) is 0 Å². The van der Waals surface area contributed by atoms with Crippen molar-refractivity contribution in [2.24, 2.45) is 5.92 Å². The molecule has 4 nitrogen and oxygen atoms in total. The lowest BCUT2D eigenvalue weighted by Crippen LogP contribution is -2.37. The van der Waals surface area contributed by atoms with Gasteiger partial charge in [-0.2, -0.15) is 5.10 Å². The van der Waals surface area contributed by atoms with E-state index >= 15 is 0 Å². The lowest BCUT2D eigenvalue weighted by Gasteiger charge is -2.25. The zero-order valence-electron chi connectivity index (χ0n) is 10.6. The Hall–Kier alpha value is -0.680. The zero-order valence-corrected chi connectivity index (χ0v) is 11.4. The number of nitrogens with zero attached hydrogens (tertiary/aromatic N) is 1. The van der Waals surface area contributed by atoms with Gasteiger partial charge in [-0.05, 0) is 26.7 Å². The third-order valence-corrected chi connectivity index (χ3v) is 3.92. The fourth-order valence-electron chi connectivity index (χ4n) is 1.31. The first-order valence-electron chi connectivity index (χ1n) is 5.49. The first-order valence-corrected chi connectivity index (χ1v) is 6.64. The molecule has 0 aliphatic heterocycles. The average Bonchev–Trinajstić information content (AvgIpc) is 2.63. The summed E-state index contributed by atoms with van der Waals surface area (Å²) in [6.07, 6.45) is 3.62. The van der Waals surface area contributed by atoms with Gasteiger partial charge < -0.3 is 0 Å². The maximum atomic E-state index is 12.0. The van der Waals surface area contributed by atoms with Crippen molar-refractivity contribution < 1.29 is 4.21 Å². The number of hydrogen-bond acceptors (Lipinski definition) is 2. The lowest BCUT2D eigenvalue weighted by molar-refractivity contribution is 0.473. The van der Waals surface area contributed by atoms with Crippen molar-refractivity contribution in [2.45, 2.75) is 45.4 Å². The van der Waals surface area contributed by atoms with Gasteiger partial charge in [-0.3, -0.25) is 5.10 Å². The monoisotopic (exact) mass is 243 g/mol. The van der Waals surface area contributed by atoms with Crippen molar-refractivity contribution in [3.63, 3.8) is 0 Å². The van der Waals surface area contributed by atoms with Gasteiger partial charge in [0.2, 0.25) is 0 Å². The Morgan fingerprint density at radius 1 is 1.44 bits per heavy atom. The van der Waals surface area contributed by atoms with E-state index in [0.717, 1.165) is 5.56 Å². The Morgan fingerprint density at radius 3 is 2.44 bits per heavy atom. The molecule has 0 saturated heterocycles. The summed E-state index contributed by atoms with van der Waals surface area (Å²) >= 11 is 0. The molecule has 1 rings (SSSR count). The Kier molecular flexibility index (Phi) is 4.27. The first-order chi connectivity index (χ1) is 7.32. The summed E-state index contributed by atoms with van der Waals surface area (Å²) in [4.78, 5) is 0. The molecule has 0 saturated carbocycles. The van der Waals surface area contributed by atoms with E-state index in [9.17, 15) is 4.21 Å². The van der Waals surface area contributed by atoms with Crippen LogP contribution in [0.4, 0.5) is 0 Å². The molecule has 0 aromatic carbocycles. The Morgan fingerprint density at radius 2 is 2.06 bits per heavy atom. The maximum Gasteiger partial charge on any atom is 0.0976 e. The molecule has 1 aromatic heterocycles. The van der Waals surface area contributed by atoms with Gasteiger partial charge in [0.1, 0.15) is 0 Å². The second-order valence-corrected chi connectivity index (χ2v) is 7.25. The summed E-state index contributed by atoms with van der Waals surface area (Å²) in [5.74, 6) is 0.365. The molecule has 1 aromatic rings. The Balaban J connectivity index is 2.78. The minimum absolute atomic E-state index is 0.0683. The minimum atomic E-state index is -1.06. The molecule has 0 aliphatic carbocycles. The fourth-order valence-corrected chi connectivity index (χ4v) is 2.30. The smallest absolute Gasteiger partial charge is 0.0976 e. The average molecular weight is 243 g/mol. The van der Waals surface area contributed by atoms with Crippen LogP contribution in [0.3, 0.4) is 0 Å². The highest BCUT2D eigenvalue weighted by Gasteiger charge is 2.25. The Labute approximate surface area is 99.8 Å². The second kappa shape index (κ2) is 5.10. The van der Waals surface area contributed by atoms with E-state index in [0.29, 0.717) is 5.92 Å². The van der Waals surface area contributed by atoms with Crippen LogP contribution in [0.5, 0.6) is 0 Å². The van der Waals surface area contributed by atoms with Gasteiger partial charge in [-0.1, -0.05) is 13.8 Å². The molecular weight excluding hydrogens is 222 g/mol. The van der Waals surface area contributed by atoms with Crippen LogP contribution < -0.4 is 4.72 Å². The summed E-state index contributed by atoms with van der Waals surface area (Å²) in [6.45, 7) is 10.1. The van der Waals surface area contributed by atoms with Crippen molar-refractivity contribution in [3.05, 3.63) is 18.0 Å². The second-order valence-electron chi connectivity index (χ2n) is 5.25. The highest BCUT2D eigenvalue weighted by Crippen LogP contribution is 2.23. The van der Waals surface area contributed by atoms with Crippen LogP contribution in [0.25, 0.3) is 0 Å². The molecule has 2 atom stereocenters. The summed E-state index contributed by atoms with van der Waals surface area (Å²) in [5, 5.41) is 6.72. The molecule has 0 radical (unpaired) electrons. The van der Waals surface area contributed by atoms with Gasteiger partial charge in [0.25, 0.3) is 0 Å². The van der Waals surface area contributed by atoms with Crippen molar-refractivity contribution in [3.8, 4) is 0 Å². The van der Waals surface area contributed by atoms with Crippen molar-refractivity contribution in [1.29, 1.82) is 0 Å². The molecule has 16 heavy (non-hydrogen) atoms. The van der Waals surface area contributed by atoms with Gasteiger partial charge in [0.15, 0.2) is 0 Å². The summed E-state index contributed by atoms with van der Waals surface area (Å²) in [6, 6.07) is 0.0683. The van der Waals surface area contributed by atoms with Gasteiger partial charge in [-0.25, -0.2) is 8.93 Å². The van der Waals surface area contributed by atoms with Gasteiger partial charge >= 0.3 is 0 Å². The lowest BCUT2D eigenvalue weighted by atomic mass is 10.0. The molecule has 0 bridgehead atoms. The molecular formula is C11H21N3OS. The molecule has 0 unspecified atom stereocenters. The quantitative estimate of drug-likeness (QED) is 0.851. The van der Waals surface area contributed by atoms with Crippen molar-refractivity contribution >= 4 is 11.0 Å². The molecule has 92 valence electrons. The SMILES string of the molecule is CC(C)[C@H](N[S@](=O)C(C)(C)C)c1cn[nH]c1. The summed E-state index contributed by atoms with van der Waals surface area (Å²) in [7, 11) is -1.06. The summed E-state index contributed by atoms with van der Waals surface area (Å²) in [5.41, 5.74) is 1.05. The van der Waals surface area contributed by atoms with E-state index in [1.165, 1.54) is 0 Å². The number of hydrogen-bond donors (Lipinski definition) is 2. The van der Waals surface area contributed by atoms with Crippen molar-refractivity contribution in [1.82, 2.24) is 14.9 Å². The first kappa shape index (κ1) is 13.4. The van der Waals surface area contributed by atoms with Crippen LogP contribution in [0.2, 0.25) is 0 Å². The minimum Gasteiger partial charge on any atom is -0.285 e.